The Morgan fingerprint density at radius 1 is 1.15 bits per heavy atom. The van der Waals surface area contributed by atoms with Crippen molar-refractivity contribution in [2.24, 2.45) is 0 Å². The van der Waals surface area contributed by atoms with Crippen molar-refractivity contribution in [3.63, 3.8) is 0 Å². The van der Waals surface area contributed by atoms with Gasteiger partial charge >= 0.3 is 0 Å². The van der Waals surface area contributed by atoms with Gasteiger partial charge in [0.1, 0.15) is 5.75 Å². The van der Waals surface area contributed by atoms with Gasteiger partial charge in [0.2, 0.25) is 0 Å². The molecule has 0 saturated carbocycles. The topological polar surface area (TPSA) is 66.9 Å². The van der Waals surface area contributed by atoms with Crippen molar-refractivity contribution in [3.8, 4) is 5.75 Å². The predicted molar refractivity (Wildman–Crippen MR) is 131 cm³/mol. The zero-order valence-corrected chi connectivity index (χ0v) is 19.6. The summed E-state index contributed by atoms with van der Waals surface area (Å²) in [6.45, 7) is 4.22. The largest absolute Gasteiger partial charge is 0.495 e. The Morgan fingerprint density at radius 3 is 2.64 bits per heavy atom. The van der Waals surface area contributed by atoms with Gasteiger partial charge in [-0.2, -0.15) is 0 Å². The molecule has 33 heavy (non-hydrogen) atoms. The molecule has 3 aromatic carbocycles. The molecule has 0 spiro atoms. The van der Waals surface area contributed by atoms with E-state index in [0.717, 1.165) is 17.7 Å². The smallest absolute Gasteiger partial charge is 0.264 e. The van der Waals surface area contributed by atoms with Crippen LogP contribution >= 0.6 is 11.6 Å². The molecule has 1 aliphatic heterocycles. The van der Waals surface area contributed by atoms with Crippen LogP contribution in [0.4, 0.5) is 11.4 Å². The number of rotatable bonds is 7. The second kappa shape index (κ2) is 9.29. The highest BCUT2D eigenvalue weighted by Crippen LogP contribution is 2.34. The van der Waals surface area contributed by atoms with Crippen LogP contribution < -0.4 is 13.9 Å². The van der Waals surface area contributed by atoms with Crippen molar-refractivity contribution >= 4 is 38.9 Å². The highest BCUT2D eigenvalue weighted by atomic mass is 35.5. The van der Waals surface area contributed by atoms with Crippen molar-refractivity contribution in [2.75, 3.05) is 29.4 Å². The molecule has 170 valence electrons. The minimum atomic E-state index is -4.05. The number of hydrogen-bond donors (Lipinski definition) is 0. The van der Waals surface area contributed by atoms with Gasteiger partial charge in [-0.15, -0.1) is 6.58 Å². The van der Waals surface area contributed by atoms with Crippen LogP contribution in [0.25, 0.3) is 0 Å². The zero-order chi connectivity index (χ0) is 23.6. The SMILES string of the molecule is C=CCN(c1ccccc1OC)S(=O)(=O)c1ccc(Cl)c(C(=O)N2CCc3ccccc32)c1. The van der Waals surface area contributed by atoms with E-state index in [1.54, 1.807) is 29.2 Å². The van der Waals surface area contributed by atoms with Crippen LogP contribution in [-0.2, 0) is 16.4 Å². The molecule has 0 saturated heterocycles. The molecule has 0 unspecified atom stereocenters. The number of benzene rings is 3. The fourth-order valence-electron chi connectivity index (χ4n) is 3.93. The van der Waals surface area contributed by atoms with E-state index >= 15 is 0 Å². The first-order valence-corrected chi connectivity index (χ1v) is 12.2. The Bertz CT molecular complexity index is 1320. The van der Waals surface area contributed by atoms with E-state index < -0.39 is 10.0 Å². The van der Waals surface area contributed by atoms with Crippen molar-refractivity contribution in [3.05, 3.63) is 95.5 Å². The number of para-hydroxylation sites is 3. The Kier molecular flexibility index (Phi) is 6.44. The maximum Gasteiger partial charge on any atom is 0.264 e. The number of carbonyl (C=O) groups excluding carboxylic acids is 1. The summed E-state index contributed by atoms with van der Waals surface area (Å²) in [6.07, 6.45) is 2.23. The van der Waals surface area contributed by atoms with E-state index in [0.29, 0.717) is 18.0 Å². The number of methoxy groups -OCH3 is 1. The molecule has 0 radical (unpaired) electrons. The van der Waals surface area contributed by atoms with Crippen LogP contribution in [0.2, 0.25) is 5.02 Å². The minimum absolute atomic E-state index is 0.0219. The number of carbonyl (C=O) groups is 1. The molecule has 0 bridgehead atoms. The highest BCUT2D eigenvalue weighted by Gasteiger charge is 2.30. The number of amides is 1. The highest BCUT2D eigenvalue weighted by molar-refractivity contribution is 7.92. The quantitative estimate of drug-likeness (QED) is 0.448. The molecule has 3 aromatic rings. The van der Waals surface area contributed by atoms with Crippen LogP contribution in [0.5, 0.6) is 5.75 Å². The van der Waals surface area contributed by atoms with Crippen LogP contribution in [0.15, 0.2) is 84.3 Å². The summed E-state index contributed by atoms with van der Waals surface area (Å²) >= 11 is 6.36. The monoisotopic (exact) mass is 482 g/mol. The van der Waals surface area contributed by atoms with Gasteiger partial charge in [-0.25, -0.2) is 8.42 Å². The number of sulfonamides is 1. The molecular formula is C25H23ClN2O4S. The summed E-state index contributed by atoms with van der Waals surface area (Å²) in [7, 11) is -2.58. The summed E-state index contributed by atoms with van der Waals surface area (Å²) in [6, 6.07) is 18.7. The lowest BCUT2D eigenvalue weighted by atomic mass is 10.1. The fraction of sp³-hybridized carbons (Fsp3) is 0.160. The average molecular weight is 483 g/mol. The lowest BCUT2D eigenvalue weighted by molar-refractivity contribution is 0.0989. The molecule has 0 N–H and O–H groups in total. The number of nitrogens with zero attached hydrogens (tertiary/aromatic N) is 2. The van der Waals surface area contributed by atoms with Crippen molar-refractivity contribution in [2.45, 2.75) is 11.3 Å². The number of halogens is 1. The number of ether oxygens (including phenoxy) is 1. The zero-order valence-electron chi connectivity index (χ0n) is 18.1. The molecule has 0 fully saturated rings. The van der Waals surface area contributed by atoms with Gasteiger partial charge in [0.05, 0.1) is 34.8 Å². The maximum atomic E-state index is 13.7. The second-order valence-corrected chi connectivity index (χ2v) is 9.74. The minimum Gasteiger partial charge on any atom is -0.495 e. The third-order valence-corrected chi connectivity index (χ3v) is 7.64. The lowest BCUT2D eigenvalue weighted by Crippen LogP contribution is -2.32. The van der Waals surface area contributed by atoms with E-state index in [9.17, 15) is 13.2 Å². The molecule has 6 nitrogen and oxygen atoms in total. The van der Waals surface area contributed by atoms with Crippen molar-refractivity contribution in [1.82, 2.24) is 0 Å². The molecule has 1 heterocycles. The first-order valence-electron chi connectivity index (χ1n) is 10.3. The van der Waals surface area contributed by atoms with E-state index in [4.69, 9.17) is 16.3 Å². The summed E-state index contributed by atoms with van der Waals surface area (Å²) in [5, 5.41) is 0.191. The van der Waals surface area contributed by atoms with Gasteiger partial charge in [-0.1, -0.05) is 48.0 Å². The molecular weight excluding hydrogens is 460 g/mol. The first-order chi connectivity index (χ1) is 15.9. The number of hydrogen-bond acceptors (Lipinski definition) is 4. The van der Waals surface area contributed by atoms with Crippen LogP contribution in [0.3, 0.4) is 0 Å². The van der Waals surface area contributed by atoms with E-state index in [1.807, 2.05) is 24.3 Å². The normalized spacial score (nSPS) is 12.8. The molecule has 0 aliphatic carbocycles. The van der Waals surface area contributed by atoms with Gasteiger partial charge in [0.15, 0.2) is 0 Å². The predicted octanol–water partition coefficient (Wildman–Crippen LogP) is 4.93. The Labute approximate surface area is 198 Å². The van der Waals surface area contributed by atoms with E-state index in [2.05, 4.69) is 6.58 Å². The summed E-state index contributed by atoms with van der Waals surface area (Å²) < 4.78 is 33.9. The third-order valence-electron chi connectivity index (χ3n) is 5.54. The standard InChI is InChI=1S/C25H23ClN2O4S/c1-3-15-28(23-10-6-7-11-24(23)32-2)33(30,31)19-12-13-21(26)20(17-19)25(29)27-16-14-18-8-4-5-9-22(18)27/h3-13,17H,1,14-16H2,2H3. The van der Waals surface area contributed by atoms with Gasteiger partial charge in [-0.05, 0) is 48.4 Å². The van der Waals surface area contributed by atoms with Crippen molar-refractivity contribution in [1.29, 1.82) is 0 Å². The fourth-order valence-corrected chi connectivity index (χ4v) is 5.60. The Morgan fingerprint density at radius 2 is 1.88 bits per heavy atom. The van der Waals surface area contributed by atoms with E-state index in [-0.39, 0.29) is 27.9 Å². The van der Waals surface area contributed by atoms with Crippen molar-refractivity contribution < 1.29 is 17.9 Å². The Hall–Kier alpha value is -3.29. The lowest BCUT2D eigenvalue weighted by Gasteiger charge is -2.25. The van der Waals surface area contributed by atoms with Gasteiger partial charge < -0.3 is 9.64 Å². The molecule has 1 aliphatic rings. The molecule has 4 rings (SSSR count). The summed E-state index contributed by atoms with van der Waals surface area (Å²) in [4.78, 5) is 15.0. The third kappa shape index (κ3) is 4.21. The molecule has 0 atom stereocenters. The number of anilines is 2. The van der Waals surface area contributed by atoms with E-state index in [1.165, 1.54) is 35.7 Å². The Balaban J connectivity index is 1.76. The van der Waals surface area contributed by atoms with Gasteiger partial charge in [0, 0.05) is 12.2 Å². The first kappa shape index (κ1) is 22.9. The van der Waals surface area contributed by atoms with Crippen LogP contribution in [-0.4, -0.2) is 34.5 Å². The van der Waals surface area contributed by atoms with Gasteiger partial charge in [0.25, 0.3) is 15.9 Å². The second-order valence-electron chi connectivity index (χ2n) is 7.47. The average Bonchev–Trinajstić information content (AvgIpc) is 3.26. The molecule has 0 aromatic heterocycles. The number of fused-ring (bicyclic) bond motifs is 1. The molecule has 8 heteroatoms. The molecule has 1 amide bonds. The summed E-state index contributed by atoms with van der Waals surface area (Å²) in [5.41, 5.74) is 2.39. The van der Waals surface area contributed by atoms with Gasteiger partial charge in [-0.3, -0.25) is 9.10 Å². The maximum absolute atomic E-state index is 13.7. The van der Waals surface area contributed by atoms with Crippen LogP contribution in [0.1, 0.15) is 15.9 Å². The van der Waals surface area contributed by atoms with Crippen LogP contribution in [0, 0.1) is 0 Å². The summed E-state index contributed by atoms with van der Waals surface area (Å²) in [5.74, 6) is 0.0661.